The van der Waals surface area contributed by atoms with Gasteiger partial charge in [0.15, 0.2) is 0 Å². The van der Waals surface area contributed by atoms with Gasteiger partial charge in [0, 0.05) is 13.7 Å². The predicted molar refractivity (Wildman–Crippen MR) is 73.7 cm³/mol. The van der Waals surface area contributed by atoms with Gasteiger partial charge in [-0.3, -0.25) is 19.1 Å². The molecule has 0 aliphatic carbocycles. The van der Waals surface area contributed by atoms with Crippen LogP contribution in [-0.2, 0) is 16.1 Å². The normalized spacial score (nSPS) is 10.7. The standard InChI is InChI=1S/C13H15N3O4/c1-20-7-6-14-11(17)8-16-10-5-3-2-4-9(10)12(18)15-13(16)19/h2-5H,6-8H2,1H3,(H,14,17)(H,15,18,19). The highest BCUT2D eigenvalue weighted by Gasteiger charge is 2.10. The Hall–Kier alpha value is -2.41. The molecule has 2 rings (SSSR count). The lowest BCUT2D eigenvalue weighted by molar-refractivity contribution is -0.121. The molecule has 7 heteroatoms. The number of nitrogens with one attached hydrogen (secondary N) is 2. The zero-order valence-electron chi connectivity index (χ0n) is 11.0. The van der Waals surface area contributed by atoms with E-state index in [1.165, 1.54) is 11.7 Å². The monoisotopic (exact) mass is 277 g/mol. The number of amides is 1. The molecule has 0 unspecified atom stereocenters. The van der Waals surface area contributed by atoms with Crippen LogP contribution >= 0.6 is 0 Å². The Morgan fingerprint density at radius 2 is 2.10 bits per heavy atom. The van der Waals surface area contributed by atoms with Crippen LogP contribution in [0.3, 0.4) is 0 Å². The van der Waals surface area contributed by atoms with E-state index >= 15 is 0 Å². The maximum absolute atomic E-state index is 11.8. The van der Waals surface area contributed by atoms with Crippen molar-refractivity contribution in [2.45, 2.75) is 6.54 Å². The number of hydrogen-bond acceptors (Lipinski definition) is 4. The first-order valence-electron chi connectivity index (χ1n) is 6.11. The molecule has 0 atom stereocenters. The fraction of sp³-hybridized carbons (Fsp3) is 0.308. The van der Waals surface area contributed by atoms with Gasteiger partial charge >= 0.3 is 5.69 Å². The van der Waals surface area contributed by atoms with Crippen molar-refractivity contribution in [3.05, 3.63) is 45.1 Å². The molecule has 1 aromatic carbocycles. The summed E-state index contributed by atoms with van der Waals surface area (Å²) >= 11 is 0. The maximum atomic E-state index is 11.8. The predicted octanol–water partition coefficient (Wildman–Crippen LogP) is -0.548. The second-order valence-corrected chi connectivity index (χ2v) is 4.21. The van der Waals surface area contributed by atoms with Gasteiger partial charge in [0.05, 0.1) is 17.5 Å². The summed E-state index contributed by atoms with van der Waals surface area (Å²) in [4.78, 5) is 37.4. The molecule has 0 saturated carbocycles. The van der Waals surface area contributed by atoms with Gasteiger partial charge in [0.2, 0.25) is 5.91 Å². The molecule has 0 spiro atoms. The summed E-state index contributed by atoms with van der Waals surface area (Å²) in [6.45, 7) is 0.609. The molecule has 0 aliphatic rings. The number of carbonyl (C=O) groups excluding carboxylic acids is 1. The molecule has 2 N–H and O–H groups in total. The number of aromatic nitrogens is 2. The van der Waals surface area contributed by atoms with E-state index in [0.29, 0.717) is 24.1 Å². The molecule has 0 bridgehead atoms. The highest BCUT2D eigenvalue weighted by molar-refractivity contribution is 5.81. The summed E-state index contributed by atoms with van der Waals surface area (Å²) in [5.74, 6) is -0.318. The van der Waals surface area contributed by atoms with E-state index in [1.807, 2.05) is 0 Å². The molecule has 2 aromatic rings. The number of carbonyl (C=O) groups is 1. The number of para-hydroxylation sites is 1. The Kier molecular flexibility index (Phi) is 4.31. The SMILES string of the molecule is COCCNC(=O)Cn1c(=O)[nH]c(=O)c2ccccc21. The number of aromatic amines is 1. The summed E-state index contributed by atoms with van der Waals surface area (Å²) in [6.07, 6.45) is 0. The number of fused-ring (bicyclic) bond motifs is 1. The minimum absolute atomic E-state index is 0.153. The van der Waals surface area contributed by atoms with Crippen LogP contribution in [0.4, 0.5) is 0 Å². The van der Waals surface area contributed by atoms with Crippen molar-refractivity contribution in [2.75, 3.05) is 20.3 Å². The Morgan fingerprint density at radius 3 is 2.85 bits per heavy atom. The van der Waals surface area contributed by atoms with Crippen molar-refractivity contribution in [3.8, 4) is 0 Å². The van der Waals surface area contributed by atoms with E-state index in [9.17, 15) is 14.4 Å². The summed E-state index contributed by atoms with van der Waals surface area (Å²) in [6, 6.07) is 6.65. The quantitative estimate of drug-likeness (QED) is 0.717. The van der Waals surface area contributed by atoms with Crippen molar-refractivity contribution in [1.82, 2.24) is 14.9 Å². The number of rotatable bonds is 5. The molecule has 0 aliphatic heterocycles. The average Bonchev–Trinajstić information content (AvgIpc) is 2.44. The van der Waals surface area contributed by atoms with Crippen LogP contribution < -0.4 is 16.6 Å². The molecule has 1 heterocycles. The number of H-pyrrole nitrogens is 1. The summed E-state index contributed by atoms with van der Waals surface area (Å²) in [5, 5.41) is 2.99. The van der Waals surface area contributed by atoms with Gasteiger partial charge in [-0.25, -0.2) is 4.79 Å². The van der Waals surface area contributed by atoms with E-state index in [4.69, 9.17) is 4.74 Å². The van der Waals surface area contributed by atoms with E-state index in [-0.39, 0.29) is 12.5 Å². The molecule has 1 amide bonds. The minimum Gasteiger partial charge on any atom is -0.383 e. The Morgan fingerprint density at radius 1 is 1.35 bits per heavy atom. The van der Waals surface area contributed by atoms with Gasteiger partial charge in [-0.1, -0.05) is 12.1 Å². The molecule has 106 valence electrons. The lowest BCUT2D eigenvalue weighted by atomic mass is 10.2. The Bertz CT molecular complexity index is 732. The van der Waals surface area contributed by atoms with Crippen LogP contribution in [0.15, 0.2) is 33.9 Å². The Balaban J connectivity index is 2.32. The van der Waals surface area contributed by atoms with Crippen LogP contribution in [0.2, 0.25) is 0 Å². The van der Waals surface area contributed by atoms with Crippen LogP contribution in [0.5, 0.6) is 0 Å². The molecule has 0 fully saturated rings. The first-order valence-corrected chi connectivity index (χ1v) is 6.11. The fourth-order valence-electron chi connectivity index (χ4n) is 1.89. The number of benzene rings is 1. The average molecular weight is 277 g/mol. The zero-order valence-corrected chi connectivity index (χ0v) is 11.0. The Labute approximate surface area is 114 Å². The summed E-state index contributed by atoms with van der Waals surface area (Å²) in [7, 11) is 1.53. The van der Waals surface area contributed by atoms with E-state index in [2.05, 4.69) is 10.3 Å². The largest absolute Gasteiger partial charge is 0.383 e. The molecule has 7 nitrogen and oxygen atoms in total. The van der Waals surface area contributed by atoms with Crippen molar-refractivity contribution < 1.29 is 9.53 Å². The highest BCUT2D eigenvalue weighted by atomic mass is 16.5. The first-order chi connectivity index (χ1) is 9.63. The van der Waals surface area contributed by atoms with Crippen molar-refractivity contribution in [1.29, 1.82) is 0 Å². The van der Waals surface area contributed by atoms with Crippen LogP contribution in [0.1, 0.15) is 0 Å². The topological polar surface area (TPSA) is 93.2 Å². The number of hydrogen-bond donors (Lipinski definition) is 2. The number of ether oxygens (including phenoxy) is 1. The number of nitrogens with zero attached hydrogens (tertiary/aromatic N) is 1. The molecular weight excluding hydrogens is 262 g/mol. The number of methoxy groups -OCH3 is 1. The van der Waals surface area contributed by atoms with Gasteiger partial charge in [-0.05, 0) is 12.1 Å². The van der Waals surface area contributed by atoms with Gasteiger partial charge < -0.3 is 10.1 Å². The lowest BCUT2D eigenvalue weighted by Crippen LogP contribution is -2.37. The van der Waals surface area contributed by atoms with Gasteiger partial charge in [0.25, 0.3) is 5.56 Å². The molecule has 1 aromatic heterocycles. The third-order valence-electron chi connectivity index (χ3n) is 2.84. The smallest absolute Gasteiger partial charge is 0.329 e. The van der Waals surface area contributed by atoms with Crippen molar-refractivity contribution >= 4 is 16.8 Å². The first kappa shape index (κ1) is 14.0. The molecule has 20 heavy (non-hydrogen) atoms. The molecule has 0 saturated heterocycles. The van der Waals surface area contributed by atoms with E-state index in [0.717, 1.165) is 0 Å². The van der Waals surface area contributed by atoms with E-state index in [1.54, 1.807) is 24.3 Å². The molecule has 0 radical (unpaired) electrons. The minimum atomic E-state index is -0.601. The maximum Gasteiger partial charge on any atom is 0.329 e. The van der Waals surface area contributed by atoms with Crippen LogP contribution in [0, 0.1) is 0 Å². The molecular formula is C13H15N3O4. The van der Waals surface area contributed by atoms with Crippen LogP contribution in [-0.4, -0.2) is 35.7 Å². The van der Waals surface area contributed by atoms with Gasteiger partial charge in [0.1, 0.15) is 6.54 Å². The zero-order chi connectivity index (χ0) is 14.5. The second-order valence-electron chi connectivity index (χ2n) is 4.21. The van der Waals surface area contributed by atoms with E-state index < -0.39 is 11.2 Å². The van der Waals surface area contributed by atoms with Crippen molar-refractivity contribution in [3.63, 3.8) is 0 Å². The summed E-state index contributed by atoms with van der Waals surface area (Å²) < 4.78 is 6.06. The lowest BCUT2D eigenvalue weighted by Gasteiger charge is -2.09. The fourth-order valence-corrected chi connectivity index (χ4v) is 1.89. The summed E-state index contributed by atoms with van der Waals surface area (Å²) in [5.41, 5.74) is -0.625. The van der Waals surface area contributed by atoms with Gasteiger partial charge in [-0.15, -0.1) is 0 Å². The third-order valence-corrected chi connectivity index (χ3v) is 2.84. The van der Waals surface area contributed by atoms with Gasteiger partial charge in [-0.2, -0.15) is 0 Å². The van der Waals surface area contributed by atoms with Crippen LogP contribution in [0.25, 0.3) is 10.9 Å². The van der Waals surface area contributed by atoms with Crippen molar-refractivity contribution in [2.24, 2.45) is 0 Å². The highest BCUT2D eigenvalue weighted by Crippen LogP contribution is 2.06. The second kappa shape index (κ2) is 6.16. The third kappa shape index (κ3) is 2.94.